The van der Waals surface area contributed by atoms with Gasteiger partial charge in [0.15, 0.2) is 6.29 Å². The summed E-state index contributed by atoms with van der Waals surface area (Å²) in [4.78, 5) is 0. The van der Waals surface area contributed by atoms with E-state index < -0.39 is 37.3 Å². The van der Waals surface area contributed by atoms with Crippen molar-refractivity contribution < 1.29 is 34.6 Å². The number of ether oxygens (including phenoxy) is 3. The third-order valence-electron chi connectivity index (χ3n) is 4.39. The van der Waals surface area contributed by atoms with Crippen molar-refractivity contribution in [1.82, 2.24) is 0 Å². The van der Waals surface area contributed by atoms with E-state index in [2.05, 4.69) is 6.92 Å². The molecule has 0 unspecified atom stereocenters. The van der Waals surface area contributed by atoms with Crippen LogP contribution in [0.5, 0.6) is 5.75 Å². The molecule has 0 bridgehead atoms. The van der Waals surface area contributed by atoms with Crippen LogP contribution in [0.3, 0.4) is 0 Å². The van der Waals surface area contributed by atoms with Crippen molar-refractivity contribution in [3.8, 4) is 5.75 Å². The molecule has 0 amide bonds. The van der Waals surface area contributed by atoms with E-state index in [1.807, 2.05) is 24.3 Å². The van der Waals surface area contributed by atoms with E-state index in [1.54, 1.807) is 0 Å². The first kappa shape index (κ1) is 21.1. The van der Waals surface area contributed by atoms with E-state index in [4.69, 9.17) is 19.3 Å². The molecular formula is C19H30O7. The zero-order chi connectivity index (χ0) is 18.9. The van der Waals surface area contributed by atoms with Crippen LogP contribution in [0.15, 0.2) is 24.3 Å². The van der Waals surface area contributed by atoms with Crippen LogP contribution in [-0.2, 0) is 15.9 Å². The minimum atomic E-state index is -1.40. The Kier molecular flexibility index (Phi) is 8.77. The van der Waals surface area contributed by atoms with Gasteiger partial charge in [0.2, 0.25) is 0 Å². The Hall–Kier alpha value is -1.22. The maximum absolute atomic E-state index is 9.89. The van der Waals surface area contributed by atoms with Gasteiger partial charge in [0, 0.05) is 6.61 Å². The lowest BCUT2D eigenvalue weighted by molar-refractivity contribution is -0.301. The van der Waals surface area contributed by atoms with Crippen LogP contribution >= 0.6 is 0 Å². The summed E-state index contributed by atoms with van der Waals surface area (Å²) in [5.74, 6) is 0.876. The highest BCUT2D eigenvalue weighted by Gasteiger charge is 2.43. The van der Waals surface area contributed by atoms with Crippen molar-refractivity contribution in [2.75, 3.05) is 19.8 Å². The first-order valence-electron chi connectivity index (χ1n) is 9.20. The molecule has 0 radical (unpaired) electrons. The van der Waals surface area contributed by atoms with E-state index in [0.717, 1.165) is 31.4 Å². The van der Waals surface area contributed by atoms with E-state index in [9.17, 15) is 15.3 Å². The topological polar surface area (TPSA) is 109 Å². The van der Waals surface area contributed by atoms with Crippen LogP contribution in [0.25, 0.3) is 0 Å². The van der Waals surface area contributed by atoms with Crippen molar-refractivity contribution >= 4 is 0 Å². The third kappa shape index (κ3) is 5.90. The predicted octanol–water partition coefficient (Wildman–Crippen LogP) is 0.615. The SMILES string of the molecule is CCCOc1ccc(CCCCO[C@@H]2O[C@H](CO)[C@@H](O)[C@H](O)[C@H]2O)cc1. The molecule has 7 heteroatoms. The van der Waals surface area contributed by atoms with E-state index in [-0.39, 0.29) is 0 Å². The lowest BCUT2D eigenvalue weighted by Crippen LogP contribution is -2.59. The van der Waals surface area contributed by atoms with E-state index >= 15 is 0 Å². The molecule has 7 nitrogen and oxygen atoms in total. The van der Waals surface area contributed by atoms with Gasteiger partial charge in [-0.2, -0.15) is 0 Å². The van der Waals surface area contributed by atoms with Crippen molar-refractivity contribution in [3.05, 3.63) is 29.8 Å². The van der Waals surface area contributed by atoms with Gasteiger partial charge in [-0.1, -0.05) is 19.1 Å². The van der Waals surface area contributed by atoms with Gasteiger partial charge in [0.25, 0.3) is 0 Å². The highest BCUT2D eigenvalue weighted by atomic mass is 16.7. The summed E-state index contributed by atoms with van der Waals surface area (Å²) < 4.78 is 16.3. The van der Waals surface area contributed by atoms with Crippen molar-refractivity contribution in [2.24, 2.45) is 0 Å². The number of benzene rings is 1. The molecule has 5 atom stereocenters. The molecule has 1 aliphatic rings. The first-order chi connectivity index (χ1) is 12.6. The third-order valence-corrected chi connectivity index (χ3v) is 4.39. The van der Waals surface area contributed by atoms with Gasteiger partial charge in [-0.15, -0.1) is 0 Å². The second-order valence-electron chi connectivity index (χ2n) is 6.52. The zero-order valence-corrected chi connectivity index (χ0v) is 15.2. The van der Waals surface area contributed by atoms with Gasteiger partial charge < -0.3 is 34.6 Å². The molecule has 0 aliphatic carbocycles. The smallest absolute Gasteiger partial charge is 0.186 e. The molecule has 0 spiro atoms. The summed E-state index contributed by atoms with van der Waals surface area (Å²) in [5.41, 5.74) is 1.21. The Morgan fingerprint density at radius 1 is 0.962 bits per heavy atom. The summed E-state index contributed by atoms with van der Waals surface area (Å²) in [6.45, 7) is 2.68. The number of rotatable bonds is 10. The molecule has 4 N–H and O–H groups in total. The average molecular weight is 370 g/mol. The van der Waals surface area contributed by atoms with Crippen molar-refractivity contribution in [2.45, 2.75) is 63.3 Å². The fraction of sp³-hybridized carbons (Fsp3) is 0.684. The maximum atomic E-state index is 9.89. The molecule has 0 saturated carbocycles. The number of aliphatic hydroxyl groups excluding tert-OH is 4. The second-order valence-corrected chi connectivity index (χ2v) is 6.52. The Morgan fingerprint density at radius 3 is 2.35 bits per heavy atom. The predicted molar refractivity (Wildman–Crippen MR) is 94.9 cm³/mol. The Balaban J connectivity index is 1.67. The minimum Gasteiger partial charge on any atom is -0.494 e. The molecule has 1 heterocycles. The number of unbranched alkanes of at least 4 members (excludes halogenated alkanes) is 1. The van der Waals surface area contributed by atoms with Crippen LogP contribution in [0, 0.1) is 0 Å². The second kappa shape index (κ2) is 10.8. The van der Waals surface area contributed by atoms with E-state index in [0.29, 0.717) is 13.2 Å². The Morgan fingerprint density at radius 2 is 1.69 bits per heavy atom. The van der Waals surface area contributed by atoms with Crippen LogP contribution in [0.4, 0.5) is 0 Å². The highest BCUT2D eigenvalue weighted by Crippen LogP contribution is 2.22. The van der Waals surface area contributed by atoms with Crippen LogP contribution < -0.4 is 4.74 Å². The molecule has 2 rings (SSSR count). The average Bonchev–Trinajstić information content (AvgIpc) is 2.66. The zero-order valence-electron chi connectivity index (χ0n) is 15.2. The minimum absolute atomic E-state index is 0.348. The van der Waals surface area contributed by atoms with Gasteiger partial charge >= 0.3 is 0 Å². The normalized spacial score (nSPS) is 28.9. The fourth-order valence-corrected chi connectivity index (χ4v) is 2.81. The van der Waals surface area contributed by atoms with Crippen LogP contribution in [-0.4, -0.2) is 71.0 Å². The summed E-state index contributed by atoms with van der Waals surface area (Å²) in [6.07, 6.45) is -2.58. The lowest BCUT2D eigenvalue weighted by atomic mass is 9.99. The summed E-state index contributed by atoms with van der Waals surface area (Å²) >= 11 is 0. The largest absolute Gasteiger partial charge is 0.494 e. The first-order valence-corrected chi connectivity index (χ1v) is 9.20. The Bertz CT molecular complexity index is 505. The van der Waals surface area contributed by atoms with Gasteiger partial charge in [0.1, 0.15) is 30.2 Å². The van der Waals surface area contributed by atoms with Gasteiger partial charge in [0.05, 0.1) is 13.2 Å². The number of aryl methyl sites for hydroxylation is 1. The standard InChI is InChI=1S/C19H30O7/c1-2-10-24-14-8-6-13(7-9-14)5-3-4-11-25-19-18(23)17(22)16(21)15(12-20)26-19/h6-9,15-23H,2-5,10-12H2,1H3/t15-,16-,17+,18-,19-/m1/s1. The number of hydrogen-bond donors (Lipinski definition) is 4. The van der Waals surface area contributed by atoms with Crippen molar-refractivity contribution in [3.63, 3.8) is 0 Å². The monoisotopic (exact) mass is 370 g/mol. The van der Waals surface area contributed by atoms with Gasteiger partial charge in [-0.3, -0.25) is 0 Å². The summed E-state index contributed by atoms with van der Waals surface area (Å²) in [5, 5.41) is 38.5. The molecule has 26 heavy (non-hydrogen) atoms. The number of aliphatic hydroxyl groups is 4. The molecule has 148 valence electrons. The summed E-state index contributed by atoms with van der Waals surface area (Å²) in [7, 11) is 0. The van der Waals surface area contributed by atoms with E-state index in [1.165, 1.54) is 5.56 Å². The Labute approximate surface area is 154 Å². The molecule has 1 aromatic rings. The molecule has 1 saturated heterocycles. The van der Waals surface area contributed by atoms with Crippen molar-refractivity contribution in [1.29, 1.82) is 0 Å². The van der Waals surface area contributed by atoms with Gasteiger partial charge in [-0.25, -0.2) is 0 Å². The maximum Gasteiger partial charge on any atom is 0.186 e. The van der Waals surface area contributed by atoms with Crippen LogP contribution in [0.1, 0.15) is 31.7 Å². The highest BCUT2D eigenvalue weighted by molar-refractivity contribution is 5.27. The molecule has 0 aromatic heterocycles. The molecule has 1 fully saturated rings. The quantitative estimate of drug-likeness (QED) is 0.447. The molecule has 1 aromatic carbocycles. The number of hydrogen-bond acceptors (Lipinski definition) is 7. The molecular weight excluding hydrogens is 340 g/mol. The summed E-state index contributed by atoms with van der Waals surface area (Å²) in [6, 6.07) is 8.03. The lowest BCUT2D eigenvalue weighted by Gasteiger charge is -2.39. The van der Waals surface area contributed by atoms with Gasteiger partial charge in [-0.05, 0) is 43.4 Å². The van der Waals surface area contributed by atoms with Crippen LogP contribution in [0.2, 0.25) is 0 Å². The molecule has 1 aliphatic heterocycles. The fourth-order valence-electron chi connectivity index (χ4n) is 2.81.